The van der Waals surface area contributed by atoms with Crippen LogP contribution in [0.15, 0.2) is 0 Å². The summed E-state index contributed by atoms with van der Waals surface area (Å²) in [5.41, 5.74) is 0. The molecule has 0 bridgehead atoms. The fourth-order valence-corrected chi connectivity index (χ4v) is 0. The van der Waals surface area contributed by atoms with Gasteiger partial charge in [-0.2, -0.15) is 0 Å². The van der Waals surface area contributed by atoms with Gasteiger partial charge in [0, 0.05) is 0 Å². The van der Waals surface area contributed by atoms with Gasteiger partial charge >= 0.3 is 257 Å². The molecule has 0 aromatic rings. The SMILES string of the molecule is [Al+3].[Al+3].[Ca+2].[Ca+2].[O]=[Ti]([O-])[O-].[O]=[Ti]([O-])[O-].[O]=[Ti]([O-])[O-].[O]=[Ti]([O-])[O-].[O]=[Ti]([O-])[O-]. The van der Waals surface area contributed by atoms with Crippen LogP contribution in [-0.4, -0.2) is 110 Å². The Morgan fingerprint density at radius 1 is 0.333 bits per heavy atom. The van der Waals surface area contributed by atoms with Crippen molar-refractivity contribution in [2.45, 2.75) is 0 Å². The Hall–Kier alpha value is 5.76. The summed E-state index contributed by atoms with van der Waals surface area (Å²) in [7, 11) is 0. The van der Waals surface area contributed by atoms with E-state index in [9.17, 15) is 0 Å². The van der Waals surface area contributed by atoms with Crippen LogP contribution in [0.2, 0.25) is 0 Å². The van der Waals surface area contributed by atoms with Gasteiger partial charge in [0.25, 0.3) is 0 Å². The van der Waals surface area contributed by atoms with Gasteiger partial charge in [-0.3, -0.25) is 0 Å². The van der Waals surface area contributed by atoms with Crippen molar-refractivity contribution in [2.24, 2.45) is 0 Å². The van der Waals surface area contributed by atoms with Crippen molar-refractivity contribution >= 4 is 110 Å². The molecule has 0 saturated carbocycles. The molecule has 0 aliphatic heterocycles. The summed E-state index contributed by atoms with van der Waals surface area (Å²) in [4.78, 5) is 0. The van der Waals surface area contributed by atoms with Crippen LogP contribution in [-0.2, 0) is 110 Å². The molecular weight excluding hydrogens is 613 g/mol. The molecule has 0 saturated heterocycles. The average Bonchev–Trinajstić information content (AvgIpc) is 1.94. The Kier molecular flexibility index (Phi) is 122. The van der Waals surface area contributed by atoms with Crippen molar-refractivity contribution in [2.75, 3.05) is 0 Å². The van der Waals surface area contributed by atoms with Gasteiger partial charge in [0.1, 0.15) is 0 Å². The molecule has 0 heterocycles. The molecule has 15 nitrogen and oxygen atoms in total. The van der Waals surface area contributed by atoms with Crippen LogP contribution in [0.3, 0.4) is 0 Å². The second-order valence-corrected chi connectivity index (χ2v) is 5.15. The Morgan fingerprint density at radius 3 is 0.333 bits per heavy atom. The standard InChI is InChI=1S/2Al.2Ca.15O.5Ti/q2*+3;2*+2;;;;;;10*-1;;;;;. The molecule has 0 amide bonds. The summed E-state index contributed by atoms with van der Waals surface area (Å²) in [5.74, 6) is 0. The summed E-state index contributed by atoms with van der Waals surface area (Å²) in [6, 6.07) is 0. The number of hydrogen-bond acceptors (Lipinski definition) is 15. The maximum atomic E-state index is 8.58. The molecule has 0 aromatic heterocycles. The first-order valence-electron chi connectivity index (χ1n) is 3.06. The zero-order chi connectivity index (χ0) is 17.9. The molecule has 0 fully saturated rings. The van der Waals surface area contributed by atoms with Crippen LogP contribution in [0.1, 0.15) is 0 Å². The van der Waals surface area contributed by atoms with Crippen LogP contribution >= 0.6 is 0 Å². The number of rotatable bonds is 0. The zero-order valence-electron chi connectivity index (χ0n) is 11.2. The van der Waals surface area contributed by atoms with Gasteiger partial charge in [-0.05, 0) is 0 Å². The maximum absolute atomic E-state index is 8.58. The van der Waals surface area contributed by atoms with Crippen LogP contribution < -0.4 is 36.9 Å². The van der Waals surface area contributed by atoms with Gasteiger partial charge in [0.15, 0.2) is 0 Å². The van der Waals surface area contributed by atoms with Gasteiger partial charge in [-0.1, -0.05) is 0 Å². The van der Waals surface area contributed by atoms with E-state index in [1.54, 1.807) is 0 Å². The predicted octanol–water partition coefficient (Wildman–Crippen LogP) is -14.0. The Bertz CT molecular complexity index is 221. The van der Waals surface area contributed by atoms with E-state index in [0.29, 0.717) is 0 Å². The predicted molar refractivity (Wildman–Crippen MR) is 26.4 cm³/mol. The second-order valence-electron chi connectivity index (χ2n) is 1.25. The first kappa shape index (κ1) is 57.1. The van der Waals surface area contributed by atoms with E-state index in [1.807, 2.05) is 0 Å². The van der Waals surface area contributed by atoms with Crippen molar-refractivity contribution in [3.8, 4) is 0 Å². The molecule has 0 aromatic carbocycles. The molecule has 0 aliphatic carbocycles. The minimum absolute atomic E-state index is 0. The van der Waals surface area contributed by atoms with Crippen molar-refractivity contribution in [3.63, 3.8) is 0 Å². The summed E-state index contributed by atoms with van der Waals surface area (Å²) in [5, 5.41) is 0. The first-order chi connectivity index (χ1) is 8.66. The molecule has 0 unspecified atom stereocenters. The Morgan fingerprint density at radius 2 is 0.333 bits per heavy atom. The van der Waals surface area contributed by atoms with E-state index in [0.717, 1.165) is 0 Å². The fourth-order valence-electron chi connectivity index (χ4n) is 0. The minimum atomic E-state index is -4.08. The fraction of sp³-hybridized carbons (Fsp3) is 0. The second kappa shape index (κ2) is 51.4. The average molecular weight is 613 g/mol. The van der Waals surface area contributed by atoms with Gasteiger partial charge in [0.2, 0.25) is 0 Å². The topological polar surface area (TPSA) is 316 Å². The Labute approximate surface area is 250 Å². The molecular formula is Al2Ca2O15Ti5. The summed E-state index contributed by atoms with van der Waals surface area (Å²) < 4.78 is 129. The van der Waals surface area contributed by atoms with Crippen LogP contribution in [0.25, 0.3) is 0 Å². The van der Waals surface area contributed by atoms with E-state index in [2.05, 4.69) is 0 Å². The van der Waals surface area contributed by atoms with Crippen molar-refractivity contribution < 1.29 is 147 Å². The van der Waals surface area contributed by atoms with Gasteiger partial charge in [0.05, 0.1) is 0 Å². The molecule has 0 atom stereocenters. The third-order valence-electron chi connectivity index (χ3n) is 0. The quantitative estimate of drug-likeness (QED) is 0.229. The molecule has 0 spiro atoms. The summed E-state index contributed by atoms with van der Waals surface area (Å²) >= 11 is -20.4. The normalized spacial score (nSPS) is 5.42. The third-order valence-corrected chi connectivity index (χ3v) is 0. The molecule has 24 heavy (non-hydrogen) atoms. The van der Waals surface area contributed by atoms with E-state index in [4.69, 9.17) is 53.5 Å². The summed E-state index contributed by atoms with van der Waals surface area (Å²) in [6.45, 7) is 0. The van der Waals surface area contributed by atoms with E-state index in [-0.39, 0.29) is 110 Å². The van der Waals surface area contributed by atoms with Gasteiger partial charge < -0.3 is 0 Å². The molecule has 120 valence electrons. The van der Waals surface area contributed by atoms with Crippen LogP contribution in [0.5, 0.6) is 0 Å². The number of hydrogen-bond donors (Lipinski definition) is 0. The third kappa shape index (κ3) is 600. The van der Waals surface area contributed by atoms with Crippen molar-refractivity contribution in [1.82, 2.24) is 0 Å². The van der Waals surface area contributed by atoms with E-state index >= 15 is 0 Å². The Balaban J connectivity index is -0.0000000161. The van der Waals surface area contributed by atoms with E-state index < -0.39 is 93.1 Å². The molecule has 0 radical (unpaired) electrons. The monoisotopic (exact) mass is 614 g/mol. The molecule has 0 aliphatic rings. The van der Waals surface area contributed by atoms with Gasteiger partial charge in [-0.25, -0.2) is 0 Å². The van der Waals surface area contributed by atoms with Crippen molar-refractivity contribution in [1.29, 1.82) is 0 Å². The van der Waals surface area contributed by atoms with Crippen LogP contribution in [0.4, 0.5) is 0 Å². The molecule has 0 N–H and O–H groups in total. The van der Waals surface area contributed by atoms with Gasteiger partial charge in [-0.15, -0.1) is 0 Å². The molecule has 24 heteroatoms. The molecule has 0 rings (SSSR count). The van der Waals surface area contributed by atoms with E-state index in [1.165, 1.54) is 0 Å². The summed E-state index contributed by atoms with van der Waals surface area (Å²) in [6.07, 6.45) is 0. The van der Waals surface area contributed by atoms with Crippen molar-refractivity contribution in [3.05, 3.63) is 0 Å². The zero-order valence-corrected chi connectivity index (χ0v) is 25.7. The first-order valence-corrected chi connectivity index (χ1v) is 12.6. The van der Waals surface area contributed by atoms with Crippen LogP contribution in [0, 0.1) is 0 Å².